The maximum absolute atomic E-state index is 2.50. The molecule has 0 radical (unpaired) electrons. The molecule has 0 fully saturated rings. The molecule has 0 aromatic heterocycles. The lowest BCUT2D eigenvalue weighted by atomic mass is 9.73. The van der Waals surface area contributed by atoms with Gasteiger partial charge in [-0.15, -0.1) is 0 Å². The van der Waals surface area contributed by atoms with Crippen molar-refractivity contribution in [3.8, 4) is 22.3 Å². The van der Waals surface area contributed by atoms with Gasteiger partial charge in [0.25, 0.3) is 0 Å². The Morgan fingerprint density at radius 1 is 0.273 bits per heavy atom. The van der Waals surface area contributed by atoms with Crippen molar-refractivity contribution in [1.29, 1.82) is 0 Å². The van der Waals surface area contributed by atoms with Crippen LogP contribution in [0.4, 0.5) is 34.1 Å². The third kappa shape index (κ3) is 5.61. The highest BCUT2D eigenvalue weighted by molar-refractivity contribution is 6.23. The van der Waals surface area contributed by atoms with Gasteiger partial charge in [-0.3, -0.25) is 0 Å². The van der Waals surface area contributed by atoms with Crippen LogP contribution in [-0.4, -0.2) is 0 Å². The lowest BCUT2D eigenvalue weighted by molar-refractivity contribution is 0.632. The van der Waals surface area contributed by atoms with Gasteiger partial charge in [-0.05, 0) is 148 Å². The predicted octanol–water partition coefficient (Wildman–Crippen LogP) is 17.9. The Kier molecular flexibility index (Phi) is 8.33. The molecule has 13 rings (SSSR count). The van der Waals surface area contributed by atoms with Gasteiger partial charge in [0.05, 0.1) is 22.7 Å². The standard InChI is InChI=1S/C64H48N2/c1-63(2)53-21-9-13-25-57(53)65(58-26-14-10-22-54(58)63)47-33-35-49-51(39-47)62(46-32-30-42-18-6-8-20-44(42)38-46)52-40-48(34-36-50(52)61(49)45-31-29-41-17-5-7-19-43(41)37-45)66-59-27-15-11-23-55(59)64(3,4)56-24-12-16-28-60(56)66/h5-40H,1-4H3. The number of fused-ring (bicyclic) bond motifs is 8. The minimum atomic E-state index is -0.159. The van der Waals surface area contributed by atoms with Crippen LogP contribution in [-0.2, 0) is 10.8 Å². The maximum Gasteiger partial charge on any atom is 0.0502 e. The smallest absolute Gasteiger partial charge is 0.0502 e. The molecule has 0 bridgehead atoms. The molecular weight excluding hydrogens is 797 g/mol. The van der Waals surface area contributed by atoms with Crippen LogP contribution in [0.5, 0.6) is 0 Å². The zero-order valence-corrected chi connectivity index (χ0v) is 37.7. The molecular formula is C64H48N2. The largest absolute Gasteiger partial charge is 0.310 e. The van der Waals surface area contributed by atoms with E-state index in [2.05, 4.69) is 256 Å². The normalized spacial score (nSPS) is 14.5. The third-order valence-electron chi connectivity index (χ3n) is 14.9. The van der Waals surface area contributed by atoms with E-state index in [1.165, 1.54) is 110 Å². The van der Waals surface area contributed by atoms with Crippen molar-refractivity contribution in [3.63, 3.8) is 0 Å². The van der Waals surface area contributed by atoms with Crippen LogP contribution in [0.3, 0.4) is 0 Å². The van der Waals surface area contributed by atoms with Crippen LogP contribution in [0.2, 0.25) is 0 Å². The Morgan fingerprint density at radius 3 is 0.970 bits per heavy atom. The van der Waals surface area contributed by atoms with Gasteiger partial charge in [0.2, 0.25) is 0 Å². The number of para-hydroxylation sites is 4. The number of benzene rings is 11. The molecule has 2 nitrogen and oxygen atoms in total. The molecule has 11 aromatic rings. The number of nitrogens with zero attached hydrogens (tertiary/aromatic N) is 2. The van der Waals surface area contributed by atoms with E-state index in [4.69, 9.17) is 0 Å². The topological polar surface area (TPSA) is 6.48 Å². The number of hydrogen-bond acceptors (Lipinski definition) is 2. The lowest BCUT2D eigenvalue weighted by Crippen LogP contribution is -2.30. The number of hydrogen-bond donors (Lipinski definition) is 0. The summed E-state index contributed by atoms with van der Waals surface area (Å²) >= 11 is 0. The van der Waals surface area contributed by atoms with E-state index in [0.29, 0.717) is 0 Å². The monoisotopic (exact) mass is 844 g/mol. The molecule has 2 heteroatoms. The molecule has 0 aliphatic carbocycles. The van der Waals surface area contributed by atoms with Crippen LogP contribution in [0.25, 0.3) is 65.3 Å². The summed E-state index contributed by atoms with van der Waals surface area (Å²) in [7, 11) is 0. The van der Waals surface area contributed by atoms with E-state index in [-0.39, 0.29) is 10.8 Å². The minimum Gasteiger partial charge on any atom is -0.310 e. The summed E-state index contributed by atoms with van der Waals surface area (Å²) in [5.41, 5.74) is 17.0. The van der Waals surface area contributed by atoms with Crippen molar-refractivity contribution in [1.82, 2.24) is 0 Å². The van der Waals surface area contributed by atoms with Crippen molar-refractivity contribution in [3.05, 3.63) is 241 Å². The van der Waals surface area contributed by atoms with Gasteiger partial charge in [0, 0.05) is 22.2 Å². The third-order valence-corrected chi connectivity index (χ3v) is 14.9. The SMILES string of the molecule is CC1(C)c2ccccc2N(c2ccc3c(-c4ccc5ccccc5c4)c4ccc(N5c6ccccc6C(C)(C)c6ccccc65)cc4c(-c4ccc5ccccc5c4)c3c2)c2ccccc21. The molecule has 2 heterocycles. The van der Waals surface area contributed by atoms with Gasteiger partial charge < -0.3 is 9.80 Å². The zero-order valence-electron chi connectivity index (χ0n) is 37.7. The first kappa shape index (κ1) is 38.5. The minimum absolute atomic E-state index is 0.159. The molecule has 0 saturated carbocycles. The van der Waals surface area contributed by atoms with E-state index in [1.54, 1.807) is 0 Å². The van der Waals surface area contributed by atoms with E-state index < -0.39 is 0 Å². The quantitative estimate of drug-likeness (QED) is 0.163. The van der Waals surface area contributed by atoms with Crippen molar-refractivity contribution < 1.29 is 0 Å². The summed E-state index contributed by atoms with van der Waals surface area (Å²) in [5, 5.41) is 9.83. The fourth-order valence-corrected chi connectivity index (χ4v) is 11.7. The van der Waals surface area contributed by atoms with Gasteiger partial charge in [0.15, 0.2) is 0 Å². The Hall–Kier alpha value is -7.94. The van der Waals surface area contributed by atoms with Gasteiger partial charge in [-0.1, -0.05) is 185 Å². The molecule has 2 aliphatic rings. The summed E-state index contributed by atoms with van der Waals surface area (Å²) in [6, 6.07) is 81.9. The summed E-state index contributed by atoms with van der Waals surface area (Å²) < 4.78 is 0. The molecule has 0 saturated heterocycles. The molecule has 11 aromatic carbocycles. The molecule has 0 atom stereocenters. The Morgan fingerprint density at radius 2 is 0.591 bits per heavy atom. The van der Waals surface area contributed by atoms with E-state index in [0.717, 1.165) is 11.4 Å². The van der Waals surface area contributed by atoms with Crippen molar-refractivity contribution in [2.45, 2.75) is 38.5 Å². The first-order valence-electron chi connectivity index (χ1n) is 23.3. The Labute approximate surface area is 386 Å². The Bertz CT molecular complexity index is 3530. The highest BCUT2D eigenvalue weighted by atomic mass is 15.2. The summed E-state index contributed by atoms with van der Waals surface area (Å²) in [6.07, 6.45) is 0. The maximum atomic E-state index is 2.50. The molecule has 0 amide bonds. The van der Waals surface area contributed by atoms with Crippen molar-refractivity contribution >= 4 is 77.2 Å². The molecule has 2 aliphatic heterocycles. The summed E-state index contributed by atoms with van der Waals surface area (Å²) in [6.45, 7) is 9.44. The van der Waals surface area contributed by atoms with Crippen molar-refractivity contribution in [2.75, 3.05) is 9.80 Å². The molecule has 314 valence electrons. The van der Waals surface area contributed by atoms with Crippen molar-refractivity contribution in [2.24, 2.45) is 0 Å². The van der Waals surface area contributed by atoms with Crippen LogP contribution in [0.1, 0.15) is 49.9 Å². The van der Waals surface area contributed by atoms with E-state index in [1.807, 2.05) is 0 Å². The van der Waals surface area contributed by atoms with Crippen LogP contribution in [0, 0.1) is 0 Å². The number of rotatable bonds is 4. The van der Waals surface area contributed by atoms with E-state index in [9.17, 15) is 0 Å². The second kappa shape index (κ2) is 14.3. The molecule has 66 heavy (non-hydrogen) atoms. The fourth-order valence-electron chi connectivity index (χ4n) is 11.7. The molecule has 0 N–H and O–H groups in total. The predicted molar refractivity (Wildman–Crippen MR) is 281 cm³/mol. The van der Waals surface area contributed by atoms with Gasteiger partial charge in [-0.2, -0.15) is 0 Å². The highest BCUT2D eigenvalue weighted by Gasteiger charge is 2.38. The number of anilines is 6. The summed E-state index contributed by atoms with van der Waals surface area (Å²) in [5.74, 6) is 0. The average Bonchev–Trinajstić information content (AvgIpc) is 3.35. The van der Waals surface area contributed by atoms with Crippen LogP contribution >= 0.6 is 0 Å². The highest BCUT2D eigenvalue weighted by Crippen LogP contribution is 2.55. The fraction of sp³-hybridized carbons (Fsp3) is 0.0938. The zero-order chi connectivity index (χ0) is 44.3. The van der Waals surface area contributed by atoms with E-state index >= 15 is 0 Å². The van der Waals surface area contributed by atoms with Gasteiger partial charge in [-0.25, -0.2) is 0 Å². The van der Waals surface area contributed by atoms with Crippen LogP contribution < -0.4 is 9.80 Å². The molecule has 0 unspecified atom stereocenters. The van der Waals surface area contributed by atoms with Gasteiger partial charge >= 0.3 is 0 Å². The Balaban J connectivity index is 1.16. The average molecular weight is 845 g/mol. The second-order valence-electron chi connectivity index (χ2n) is 19.3. The summed E-state index contributed by atoms with van der Waals surface area (Å²) in [4.78, 5) is 5.00. The second-order valence-corrected chi connectivity index (χ2v) is 19.3. The molecule has 0 spiro atoms. The first-order valence-corrected chi connectivity index (χ1v) is 23.3. The first-order chi connectivity index (χ1) is 32.3. The van der Waals surface area contributed by atoms with Crippen LogP contribution in [0.15, 0.2) is 218 Å². The lowest BCUT2D eigenvalue weighted by Gasteiger charge is -2.42. The van der Waals surface area contributed by atoms with Gasteiger partial charge in [0.1, 0.15) is 0 Å².